The van der Waals surface area contributed by atoms with Gasteiger partial charge >= 0.3 is 0 Å². The van der Waals surface area contributed by atoms with E-state index in [1.165, 1.54) is 37.7 Å². The Balaban J connectivity index is 1.91. The van der Waals surface area contributed by atoms with Gasteiger partial charge in [-0.1, -0.05) is 69.1 Å². The second kappa shape index (κ2) is 11.8. The third-order valence-corrected chi connectivity index (χ3v) is 7.08. The quantitative estimate of drug-likeness (QED) is 0.324. The van der Waals surface area contributed by atoms with Crippen molar-refractivity contribution in [3.63, 3.8) is 0 Å². The zero-order valence-electron chi connectivity index (χ0n) is 20.1. The average Bonchev–Trinajstić information content (AvgIpc) is 2.66. The van der Waals surface area contributed by atoms with Crippen LogP contribution in [0, 0.1) is 17.3 Å². The highest BCUT2D eigenvalue weighted by Crippen LogP contribution is 2.31. The molecule has 0 spiro atoms. The molecule has 2 nitrogen and oxygen atoms in total. The molecular weight excluding hydrogens is 382 g/mol. The van der Waals surface area contributed by atoms with Crippen LogP contribution in [0.15, 0.2) is 36.4 Å². The summed E-state index contributed by atoms with van der Waals surface area (Å²) in [4.78, 5) is 2.42. The van der Waals surface area contributed by atoms with Gasteiger partial charge in [0.05, 0.1) is 5.22 Å². The molecular formula is C27H41NOSi. The number of hydrogen-bond donors (Lipinski definition) is 0. The summed E-state index contributed by atoms with van der Waals surface area (Å²) in [7, 11) is 0.867. The molecule has 2 rings (SSSR count). The highest BCUT2D eigenvalue weighted by atomic mass is 28.2. The van der Waals surface area contributed by atoms with E-state index >= 15 is 0 Å². The highest BCUT2D eigenvalue weighted by Gasteiger charge is 2.27. The minimum absolute atomic E-state index is 0.0561. The van der Waals surface area contributed by atoms with Crippen LogP contribution in [-0.4, -0.2) is 32.7 Å². The Morgan fingerprint density at radius 3 is 2.53 bits per heavy atom. The molecule has 1 fully saturated rings. The van der Waals surface area contributed by atoms with E-state index in [0.717, 1.165) is 40.4 Å². The van der Waals surface area contributed by atoms with Crippen molar-refractivity contribution in [2.75, 3.05) is 13.1 Å². The van der Waals surface area contributed by atoms with Crippen molar-refractivity contribution in [2.45, 2.75) is 91.0 Å². The number of nitrogens with zero attached hydrogens (tertiary/aromatic N) is 1. The summed E-state index contributed by atoms with van der Waals surface area (Å²) in [5, 5.41) is -0.0838. The summed E-state index contributed by atoms with van der Waals surface area (Å²) in [5.41, 5.74) is 2.21. The smallest absolute Gasteiger partial charge is 0.119 e. The molecule has 0 N–H and O–H groups in total. The molecule has 2 radical (unpaired) electrons. The molecule has 3 heteroatoms. The maximum absolute atomic E-state index is 6.47. The standard InChI is InChI=1S/C27H41NOSi/c1-7-28(20-13-9-12-19-26(2,3)4)22-23-15-14-16-24(21-23)29-27(5,6)30-25-17-10-8-11-18-25/h9,13-16,21,25H,7-8,10-11,17-18,20,22H2,1-6H3. The first-order valence-corrected chi connectivity index (χ1v) is 12.7. The van der Waals surface area contributed by atoms with Gasteiger partial charge < -0.3 is 4.74 Å². The zero-order chi connectivity index (χ0) is 22.0. The minimum Gasteiger partial charge on any atom is -0.492 e. The SMILES string of the molecule is CCN(CC=CC#CC(C)(C)C)Cc1cccc(OC(C)(C)[Si]C2CCCCC2)c1. The number of likely N-dealkylation sites (N-methyl/N-ethyl adjacent to an activating group) is 1. The third kappa shape index (κ3) is 10.0. The minimum atomic E-state index is -0.0838. The lowest BCUT2D eigenvalue weighted by Crippen LogP contribution is -2.38. The average molecular weight is 424 g/mol. The van der Waals surface area contributed by atoms with Gasteiger partial charge in [0.25, 0.3) is 0 Å². The summed E-state index contributed by atoms with van der Waals surface area (Å²) < 4.78 is 6.47. The van der Waals surface area contributed by atoms with Crippen molar-refractivity contribution in [3.8, 4) is 17.6 Å². The van der Waals surface area contributed by atoms with E-state index in [2.05, 4.69) is 88.6 Å². The van der Waals surface area contributed by atoms with Crippen molar-refractivity contribution in [1.29, 1.82) is 0 Å². The summed E-state index contributed by atoms with van der Waals surface area (Å²) in [6.07, 6.45) is 11.1. The van der Waals surface area contributed by atoms with Gasteiger partial charge in [-0.2, -0.15) is 0 Å². The first kappa shape index (κ1) is 24.8. The van der Waals surface area contributed by atoms with Crippen molar-refractivity contribution >= 4 is 9.52 Å². The van der Waals surface area contributed by atoms with E-state index < -0.39 is 0 Å². The molecule has 0 atom stereocenters. The van der Waals surface area contributed by atoms with Gasteiger partial charge in [-0.05, 0) is 70.5 Å². The van der Waals surface area contributed by atoms with Crippen molar-refractivity contribution in [1.82, 2.24) is 4.90 Å². The normalized spacial score (nSPS) is 16.0. The molecule has 1 saturated carbocycles. The van der Waals surface area contributed by atoms with Crippen LogP contribution in [0.5, 0.6) is 5.75 Å². The van der Waals surface area contributed by atoms with Crippen molar-refractivity contribution in [3.05, 3.63) is 42.0 Å². The highest BCUT2D eigenvalue weighted by molar-refractivity contribution is 6.41. The van der Waals surface area contributed by atoms with Crippen LogP contribution in [-0.2, 0) is 6.54 Å². The molecule has 1 aliphatic carbocycles. The maximum atomic E-state index is 6.47. The van der Waals surface area contributed by atoms with Gasteiger partial charge in [0.1, 0.15) is 15.3 Å². The number of rotatable bonds is 9. The fourth-order valence-electron chi connectivity index (χ4n) is 3.85. The van der Waals surface area contributed by atoms with E-state index in [-0.39, 0.29) is 10.6 Å². The molecule has 0 amide bonds. The van der Waals surface area contributed by atoms with E-state index in [1.54, 1.807) is 0 Å². The summed E-state index contributed by atoms with van der Waals surface area (Å²) in [6.45, 7) is 16.0. The number of benzene rings is 1. The predicted molar refractivity (Wildman–Crippen MR) is 131 cm³/mol. The molecule has 30 heavy (non-hydrogen) atoms. The molecule has 0 aromatic heterocycles. The van der Waals surface area contributed by atoms with Crippen LogP contribution in [0.2, 0.25) is 5.54 Å². The first-order valence-electron chi connectivity index (χ1n) is 11.6. The van der Waals surface area contributed by atoms with E-state index in [0.29, 0.717) is 0 Å². The maximum Gasteiger partial charge on any atom is 0.119 e. The van der Waals surface area contributed by atoms with Crippen LogP contribution < -0.4 is 4.74 Å². The lowest BCUT2D eigenvalue weighted by atomic mass is 9.98. The molecule has 0 unspecified atom stereocenters. The summed E-state index contributed by atoms with van der Waals surface area (Å²) >= 11 is 0. The molecule has 1 aromatic carbocycles. The third-order valence-electron chi connectivity index (χ3n) is 5.29. The second-order valence-electron chi connectivity index (χ2n) is 9.99. The number of allylic oxidation sites excluding steroid dienone is 1. The molecule has 0 aliphatic heterocycles. The number of hydrogen-bond acceptors (Lipinski definition) is 2. The first-order chi connectivity index (χ1) is 14.2. The van der Waals surface area contributed by atoms with Crippen LogP contribution in [0.25, 0.3) is 0 Å². The van der Waals surface area contributed by atoms with E-state index in [4.69, 9.17) is 4.74 Å². The Morgan fingerprint density at radius 2 is 1.87 bits per heavy atom. The molecule has 164 valence electrons. The van der Waals surface area contributed by atoms with Crippen LogP contribution in [0.1, 0.15) is 79.2 Å². The Morgan fingerprint density at radius 1 is 1.13 bits per heavy atom. The summed E-state index contributed by atoms with van der Waals surface area (Å²) in [6, 6.07) is 8.66. The van der Waals surface area contributed by atoms with Crippen LogP contribution in [0.4, 0.5) is 0 Å². The van der Waals surface area contributed by atoms with Crippen molar-refractivity contribution in [2.24, 2.45) is 5.41 Å². The van der Waals surface area contributed by atoms with Crippen LogP contribution in [0.3, 0.4) is 0 Å². The largest absolute Gasteiger partial charge is 0.492 e. The Labute approximate surface area is 188 Å². The van der Waals surface area contributed by atoms with Crippen LogP contribution >= 0.6 is 0 Å². The Bertz CT molecular complexity index is 729. The van der Waals surface area contributed by atoms with Gasteiger partial charge in [0.15, 0.2) is 0 Å². The number of ether oxygens (including phenoxy) is 1. The monoisotopic (exact) mass is 423 g/mol. The van der Waals surface area contributed by atoms with E-state index in [1.807, 2.05) is 6.08 Å². The Hall–Kier alpha value is -1.50. The molecule has 1 aliphatic rings. The molecule has 0 heterocycles. The zero-order valence-corrected chi connectivity index (χ0v) is 21.1. The van der Waals surface area contributed by atoms with Gasteiger partial charge in [-0.15, -0.1) is 0 Å². The van der Waals surface area contributed by atoms with Gasteiger partial charge in [0, 0.05) is 18.5 Å². The molecule has 0 bridgehead atoms. The lowest BCUT2D eigenvalue weighted by Gasteiger charge is -2.32. The van der Waals surface area contributed by atoms with Gasteiger partial charge in [0.2, 0.25) is 0 Å². The Kier molecular flexibility index (Phi) is 9.72. The van der Waals surface area contributed by atoms with Gasteiger partial charge in [-0.3, -0.25) is 4.90 Å². The fourth-order valence-corrected chi connectivity index (χ4v) is 5.71. The van der Waals surface area contributed by atoms with Crippen molar-refractivity contribution < 1.29 is 4.74 Å². The topological polar surface area (TPSA) is 12.5 Å². The molecule has 1 aromatic rings. The second-order valence-corrected chi connectivity index (χ2v) is 12.3. The lowest BCUT2D eigenvalue weighted by molar-refractivity contribution is 0.190. The van der Waals surface area contributed by atoms with Gasteiger partial charge in [-0.25, -0.2) is 0 Å². The summed E-state index contributed by atoms with van der Waals surface area (Å²) in [5.74, 6) is 7.41. The fraction of sp³-hybridized carbons (Fsp3) is 0.630. The molecule has 0 saturated heterocycles. The predicted octanol–water partition coefficient (Wildman–Crippen LogP) is 6.69. The van der Waals surface area contributed by atoms with E-state index in [9.17, 15) is 0 Å².